The first-order valence-electron chi connectivity index (χ1n) is 3.41. The van der Waals surface area contributed by atoms with Gasteiger partial charge in [-0.1, -0.05) is 0 Å². The van der Waals surface area contributed by atoms with Crippen LogP contribution in [0.2, 0.25) is 0 Å². The number of rotatable bonds is 2. The van der Waals surface area contributed by atoms with Crippen LogP contribution in [0.1, 0.15) is 10.4 Å². The zero-order valence-electron chi connectivity index (χ0n) is 6.83. The lowest BCUT2D eigenvalue weighted by Crippen LogP contribution is -2.05. The van der Waals surface area contributed by atoms with Crippen LogP contribution < -0.4 is 0 Å². The maximum atomic E-state index is 13.0. The van der Waals surface area contributed by atoms with Gasteiger partial charge in [-0.2, -0.15) is 0 Å². The van der Waals surface area contributed by atoms with E-state index in [1.54, 1.807) is 0 Å². The maximum Gasteiger partial charge on any atom is 0.339 e. The molecule has 5 nitrogen and oxygen atoms in total. The summed E-state index contributed by atoms with van der Waals surface area (Å²) in [6.45, 7) is 0. The van der Waals surface area contributed by atoms with Crippen molar-refractivity contribution >= 4 is 27.6 Å². The van der Waals surface area contributed by atoms with Crippen molar-refractivity contribution in [2.24, 2.45) is 0 Å². The first-order chi connectivity index (χ1) is 6.86. The normalized spacial score (nSPS) is 10.1. The van der Waals surface area contributed by atoms with Crippen LogP contribution in [0.5, 0.6) is 0 Å². The highest BCUT2D eigenvalue weighted by Gasteiger charge is 2.26. The van der Waals surface area contributed by atoms with Gasteiger partial charge in [0.25, 0.3) is 5.69 Å². The third kappa shape index (κ3) is 1.94. The molecule has 1 aromatic carbocycles. The van der Waals surface area contributed by atoms with E-state index in [1.165, 1.54) is 0 Å². The van der Waals surface area contributed by atoms with E-state index < -0.39 is 38.3 Å². The summed E-state index contributed by atoms with van der Waals surface area (Å²) in [6, 6.07) is 0.449. The zero-order chi connectivity index (χ0) is 11.7. The van der Waals surface area contributed by atoms with Crippen molar-refractivity contribution in [1.82, 2.24) is 0 Å². The minimum absolute atomic E-state index is 0.449. The number of nitrogens with zero attached hydrogens (tertiary/aromatic N) is 1. The molecule has 1 rings (SSSR count). The summed E-state index contributed by atoms with van der Waals surface area (Å²) in [5.41, 5.74) is -1.92. The van der Waals surface area contributed by atoms with Gasteiger partial charge in [0.2, 0.25) is 0 Å². The highest BCUT2D eigenvalue weighted by atomic mass is 79.9. The van der Waals surface area contributed by atoms with Crippen molar-refractivity contribution in [1.29, 1.82) is 0 Å². The Balaban J connectivity index is 3.59. The van der Waals surface area contributed by atoms with Crippen LogP contribution in [0, 0.1) is 21.7 Å². The van der Waals surface area contributed by atoms with E-state index in [9.17, 15) is 23.7 Å². The van der Waals surface area contributed by atoms with Gasteiger partial charge in [-0.25, -0.2) is 13.6 Å². The highest BCUT2D eigenvalue weighted by molar-refractivity contribution is 9.10. The van der Waals surface area contributed by atoms with Crippen molar-refractivity contribution < 1.29 is 23.6 Å². The van der Waals surface area contributed by atoms with Crippen LogP contribution in [0.4, 0.5) is 14.5 Å². The van der Waals surface area contributed by atoms with Crippen LogP contribution in [0.15, 0.2) is 10.5 Å². The topological polar surface area (TPSA) is 80.4 Å². The van der Waals surface area contributed by atoms with Gasteiger partial charge in [0, 0.05) is 6.07 Å². The Morgan fingerprint density at radius 2 is 2.00 bits per heavy atom. The number of carbonyl (C=O) groups is 1. The number of benzene rings is 1. The smallest absolute Gasteiger partial charge is 0.339 e. The summed E-state index contributed by atoms with van der Waals surface area (Å²) < 4.78 is 25.2. The quantitative estimate of drug-likeness (QED) is 0.513. The van der Waals surface area contributed by atoms with Gasteiger partial charge in [0.1, 0.15) is 10.0 Å². The third-order valence-electron chi connectivity index (χ3n) is 1.55. The Labute approximate surface area is 89.6 Å². The summed E-state index contributed by atoms with van der Waals surface area (Å²) in [5.74, 6) is -5.01. The first-order valence-corrected chi connectivity index (χ1v) is 4.20. The molecule has 0 aliphatic heterocycles. The van der Waals surface area contributed by atoms with Gasteiger partial charge in [0.15, 0.2) is 11.6 Å². The van der Waals surface area contributed by atoms with Gasteiger partial charge in [-0.05, 0) is 15.9 Å². The zero-order valence-corrected chi connectivity index (χ0v) is 8.42. The molecule has 0 unspecified atom stereocenters. The molecule has 15 heavy (non-hydrogen) atoms. The van der Waals surface area contributed by atoms with Gasteiger partial charge in [0.05, 0.1) is 4.92 Å². The first kappa shape index (κ1) is 11.5. The minimum Gasteiger partial charge on any atom is -0.478 e. The van der Waals surface area contributed by atoms with Gasteiger partial charge in [-0.3, -0.25) is 10.1 Å². The predicted octanol–water partition coefficient (Wildman–Crippen LogP) is 2.33. The summed E-state index contributed by atoms with van der Waals surface area (Å²) in [7, 11) is 0. The lowest BCUT2D eigenvalue weighted by Gasteiger charge is -2.01. The molecular weight excluding hydrogens is 280 g/mol. The van der Waals surface area contributed by atoms with E-state index in [2.05, 4.69) is 15.9 Å². The van der Waals surface area contributed by atoms with E-state index in [-0.39, 0.29) is 0 Å². The molecule has 0 heterocycles. The molecule has 0 amide bonds. The van der Waals surface area contributed by atoms with Crippen LogP contribution >= 0.6 is 15.9 Å². The Hall–Kier alpha value is -1.57. The lowest BCUT2D eigenvalue weighted by molar-refractivity contribution is -0.386. The predicted molar refractivity (Wildman–Crippen MR) is 47.7 cm³/mol. The van der Waals surface area contributed by atoms with Gasteiger partial charge in [-0.15, -0.1) is 0 Å². The maximum absolute atomic E-state index is 13.0. The Kier molecular flexibility index (Phi) is 2.98. The lowest BCUT2D eigenvalue weighted by atomic mass is 10.2. The standard InChI is InChI=1S/C7H2BrF2NO4/c8-4-3(11(14)15)1-2(7(12)13)5(9)6(4)10/h1H,(H,12,13). The molecule has 1 aromatic rings. The highest BCUT2D eigenvalue weighted by Crippen LogP contribution is 2.31. The number of hydrogen-bond acceptors (Lipinski definition) is 3. The molecule has 1 N–H and O–H groups in total. The molecule has 0 radical (unpaired) electrons. The summed E-state index contributed by atoms with van der Waals surface area (Å²) in [4.78, 5) is 19.8. The largest absolute Gasteiger partial charge is 0.478 e. The molecule has 0 fully saturated rings. The van der Waals surface area contributed by atoms with E-state index in [0.29, 0.717) is 6.07 Å². The van der Waals surface area contributed by atoms with Crippen molar-refractivity contribution in [3.63, 3.8) is 0 Å². The van der Waals surface area contributed by atoms with Crippen molar-refractivity contribution in [2.45, 2.75) is 0 Å². The van der Waals surface area contributed by atoms with E-state index in [4.69, 9.17) is 5.11 Å². The van der Waals surface area contributed by atoms with Crippen LogP contribution in [-0.2, 0) is 0 Å². The Morgan fingerprint density at radius 1 is 1.47 bits per heavy atom. The number of halogens is 3. The fraction of sp³-hybridized carbons (Fsp3) is 0. The number of nitro benzene ring substituents is 1. The second-order valence-corrected chi connectivity index (χ2v) is 3.24. The van der Waals surface area contributed by atoms with E-state index >= 15 is 0 Å². The number of carboxylic acids is 1. The average molecular weight is 282 g/mol. The van der Waals surface area contributed by atoms with Crippen molar-refractivity contribution in [2.75, 3.05) is 0 Å². The molecule has 0 bridgehead atoms. The summed E-state index contributed by atoms with van der Waals surface area (Å²) in [6.07, 6.45) is 0. The van der Waals surface area contributed by atoms with E-state index in [1.807, 2.05) is 0 Å². The molecule has 0 spiro atoms. The number of carboxylic acid groups (broad SMARTS) is 1. The van der Waals surface area contributed by atoms with Gasteiger partial charge >= 0.3 is 5.97 Å². The fourth-order valence-electron chi connectivity index (χ4n) is 0.879. The third-order valence-corrected chi connectivity index (χ3v) is 2.31. The average Bonchev–Trinajstić information content (AvgIpc) is 2.13. The molecule has 0 aliphatic rings. The molecule has 0 atom stereocenters. The Morgan fingerprint density at radius 3 is 2.40 bits per heavy atom. The summed E-state index contributed by atoms with van der Waals surface area (Å²) in [5, 5.41) is 18.8. The van der Waals surface area contributed by atoms with Gasteiger partial charge < -0.3 is 5.11 Å². The number of hydrogen-bond donors (Lipinski definition) is 1. The summed E-state index contributed by atoms with van der Waals surface area (Å²) >= 11 is 2.47. The molecule has 8 heteroatoms. The molecule has 0 aliphatic carbocycles. The van der Waals surface area contributed by atoms with Crippen LogP contribution in [0.3, 0.4) is 0 Å². The Bertz CT molecular complexity index is 425. The molecular formula is C7H2BrF2NO4. The minimum atomic E-state index is -1.78. The number of aromatic carboxylic acids is 1. The molecule has 0 saturated carbocycles. The second-order valence-electron chi connectivity index (χ2n) is 2.45. The monoisotopic (exact) mass is 281 g/mol. The number of nitro groups is 1. The molecule has 0 saturated heterocycles. The fourth-order valence-corrected chi connectivity index (χ4v) is 1.31. The van der Waals surface area contributed by atoms with E-state index in [0.717, 1.165) is 0 Å². The SMILES string of the molecule is O=C(O)c1cc([N+](=O)[O-])c(Br)c(F)c1F. The second kappa shape index (κ2) is 3.89. The molecule has 0 aromatic heterocycles. The van der Waals surface area contributed by atoms with Crippen LogP contribution in [-0.4, -0.2) is 16.0 Å². The van der Waals surface area contributed by atoms with Crippen LogP contribution in [0.25, 0.3) is 0 Å². The van der Waals surface area contributed by atoms with Crippen molar-refractivity contribution in [3.8, 4) is 0 Å². The molecule has 80 valence electrons. The van der Waals surface area contributed by atoms with Crippen molar-refractivity contribution in [3.05, 3.63) is 37.9 Å².